The fraction of sp³-hybridized carbons (Fsp3) is 0.107. The highest BCUT2D eigenvalue weighted by atomic mass is 19.3. The van der Waals surface area contributed by atoms with Gasteiger partial charge in [-0.05, 0) is 29.8 Å². The zero-order valence-corrected chi connectivity index (χ0v) is 20.6. The van der Waals surface area contributed by atoms with Gasteiger partial charge in [0, 0.05) is 24.5 Å². The first-order chi connectivity index (χ1) is 19.5. The summed E-state index contributed by atoms with van der Waals surface area (Å²) in [5, 5.41) is 12.9. The van der Waals surface area contributed by atoms with Crippen LogP contribution in [0, 0.1) is 5.82 Å². The second-order valence-corrected chi connectivity index (χ2v) is 9.11. The molecule has 0 fully saturated rings. The van der Waals surface area contributed by atoms with Crippen LogP contribution in [-0.2, 0) is 12.8 Å². The van der Waals surface area contributed by atoms with E-state index in [4.69, 9.17) is 4.52 Å². The quantitative estimate of drug-likeness (QED) is 0.278. The molecule has 3 aromatic carbocycles. The highest BCUT2D eigenvalue weighted by molar-refractivity contribution is 5.64. The standard InChI is InChI=1S/C28H18F3N7O2/c29-18-8-4-5-16(11-18)12-20-22-14-24-25(27-33-26(35-40-27)17-6-2-1-3-7-17)32-15-37(24)21-10-9-19(39-28(30)31)13-23(21)38(22)36-34-20/h1-11,13,15,28H,12,14H2. The van der Waals surface area contributed by atoms with E-state index >= 15 is 0 Å². The summed E-state index contributed by atoms with van der Waals surface area (Å²) >= 11 is 0. The molecule has 7 rings (SSSR count). The van der Waals surface area contributed by atoms with Gasteiger partial charge in [-0.1, -0.05) is 52.8 Å². The van der Waals surface area contributed by atoms with Crippen molar-refractivity contribution < 1.29 is 22.4 Å². The van der Waals surface area contributed by atoms with Gasteiger partial charge in [-0.25, -0.2) is 14.1 Å². The van der Waals surface area contributed by atoms with Crippen LogP contribution in [0.25, 0.3) is 34.3 Å². The van der Waals surface area contributed by atoms with Crippen molar-refractivity contribution >= 4 is 0 Å². The predicted octanol–water partition coefficient (Wildman–Crippen LogP) is 5.41. The van der Waals surface area contributed by atoms with Crippen molar-refractivity contribution in [3.63, 3.8) is 0 Å². The average molecular weight is 541 g/mol. The lowest BCUT2D eigenvalue weighted by Gasteiger charge is -2.12. The zero-order chi connectivity index (χ0) is 27.2. The molecule has 0 saturated carbocycles. The third-order valence-corrected chi connectivity index (χ3v) is 6.63. The Kier molecular flexibility index (Phi) is 5.65. The normalized spacial score (nSPS) is 12.1. The fourth-order valence-corrected chi connectivity index (χ4v) is 4.85. The smallest absolute Gasteiger partial charge is 0.387 e. The van der Waals surface area contributed by atoms with Crippen molar-refractivity contribution in [2.45, 2.75) is 19.5 Å². The molecule has 0 atom stereocenters. The Hall–Kier alpha value is -5.26. The number of fused-ring (bicyclic) bond motifs is 5. The summed E-state index contributed by atoms with van der Waals surface area (Å²) < 4.78 is 53.7. The number of nitrogens with zero attached hydrogens (tertiary/aromatic N) is 7. The molecular formula is C28H18F3N7O2. The van der Waals surface area contributed by atoms with E-state index in [2.05, 4.69) is 30.2 Å². The molecule has 0 amide bonds. The van der Waals surface area contributed by atoms with Crippen molar-refractivity contribution in [1.82, 2.24) is 34.7 Å². The molecule has 1 aliphatic rings. The van der Waals surface area contributed by atoms with Crippen LogP contribution in [-0.4, -0.2) is 41.3 Å². The molecule has 9 nitrogen and oxygen atoms in total. The Bertz CT molecular complexity index is 1850. The Morgan fingerprint density at radius 3 is 2.65 bits per heavy atom. The lowest BCUT2D eigenvalue weighted by atomic mass is 10.1. The van der Waals surface area contributed by atoms with Crippen LogP contribution >= 0.6 is 0 Å². The fourth-order valence-electron chi connectivity index (χ4n) is 4.85. The topological polar surface area (TPSA) is 96.7 Å². The molecule has 0 saturated heterocycles. The number of hydrogen-bond acceptors (Lipinski definition) is 7. The van der Waals surface area contributed by atoms with E-state index in [0.29, 0.717) is 52.0 Å². The molecule has 198 valence electrons. The summed E-state index contributed by atoms with van der Waals surface area (Å²) in [6.45, 7) is -2.99. The highest BCUT2D eigenvalue weighted by Crippen LogP contribution is 2.36. The van der Waals surface area contributed by atoms with Gasteiger partial charge in [-0.3, -0.25) is 4.57 Å². The van der Waals surface area contributed by atoms with Gasteiger partial charge in [0.2, 0.25) is 5.82 Å². The van der Waals surface area contributed by atoms with Gasteiger partial charge in [0.25, 0.3) is 5.89 Å². The van der Waals surface area contributed by atoms with Gasteiger partial charge >= 0.3 is 6.61 Å². The number of imidazole rings is 1. The van der Waals surface area contributed by atoms with Gasteiger partial charge in [-0.15, -0.1) is 5.10 Å². The minimum atomic E-state index is -2.99. The first kappa shape index (κ1) is 23.8. The molecule has 0 bridgehead atoms. The molecule has 40 heavy (non-hydrogen) atoms. The van der Waals surface area contributed by atoms with Gasteiger partial charge in [0.15, 0.2) is 5.69 Å². The predicted molar refractivity (Wildman–Crippen MR) is 136 cm³/mol. The maximum atomic E-state index is 13.9. The molecule has 3 aromatic heterocycles. The molecule has 0 unspecified atom stereocenters. The van der Waals surface area contributed by atoms with Gasteiger partial charge in [-0.2, -0.15) is 13.8 Å². The van der Waals surface area contributed by atoms with Crippen LogP contribution in [0.2, 0.25) is 0 Å². The second kappa shape index (κ2) is 9.49. The summed E-state index contributed by atoms with van der Waals surface area (Å²) in [6, 6.07) is 20.2. The van der Waals surface area contributed by atoms with Crippen LogP contribution in [0.4, 0.5) is 13.2 Å². The summed E-state index contributed by atoms with van der Waals surface area (Å²) in [6.07, 6.45) is 2.20. The average Bonchev–Trinajstić information content (AvgIpc) is 3.67. The summed E-state index contributed by atoms with van der Waals surface area (Å²) in [7, 11) is 0. The van der Waals surface area contributed by atoms with E-state index in [1.165, 1.54) is 24.3 Å². The number of aromatic nitrogens is 7. The Labute approximate surface area is 224 Å². The lowest BCUT2D eigenvalue weighted by Crippen LogP contribution is -2.07. The lowest BCUT2D eigenvalue weighted by molar-refractivity contribution is -0.0498. The number of benzene rings is 3. The van der Waals surface area contributed by atoms with Crippen LogP contribution in [0.15, 0.2) is 83.6 Å². The van der Waals surface area contributed by atoms with Crippen LogP contribution in [0.1, 0.15) is 22.6 Å². The Balaban J connectivity index is 1.37. The summed E-state index contributed by atoms with van der Waals surface area (Å²) in [5.74, 6) is 0.244. The van der Waals surface area contributed by atoms with E-state index in [-0.39, 0.29) is 23.9 Å². The highest BCUT2D eigenvalue weighted by Gasteiger charge is 2.29. The third-order valence-electron chi connectivity index (χ3n) is 6.63. The number of halogens is 3. The van der Waals surface area contributed by atoms with Gasteiger partial charge < -0.3 is 9.26 Å². The minimum Gasteiger partial charge on any atom is -0.435 e. The first-order valence-electron chi connectivity index (χ1n) is 12.3. The molecule has 0 aliphatic carbocycles. The molecule has 4 heterocycles. The number of hydrogen-bond donors (Lipinski definition) is 0. The number of alkyl halides is 2. The van der Waals surface area contributed by atoms with E-state index < -0.39 is 6.61 Å². The number of ether oxygens (including phenoxy) is 1. The Morgan fingerprint density at radius 1 is 0.950 bits per heavy atom. The maximum Gasteiger partial charge on any atom is 0.387 e. The van der Waals surface area contributed by atoms with Crippen molar-refractivity contribution in [1.29, 1.82) is 0 Å². The van der Waals surface area contributed by atoms with Crippen molar-refractivity contribution in [2.24, 2.45) is 0 Å². The van der Waals surface area contributed by atoms with E-state index in [1.54, 1.807) is 29.2 Å². The van der Waals surface area contributed by atoms with E-state index in [1.807, 2.05) is 34.9 Å². The maximum absolute atomic E-state index is 13.9. The van der Waals surface area contributed by atoms with Crippen molar-refractivity contribution in [3.8, 4) is 40.1 Å². The second-order valence-electron chi connectivity index (χ2n) is 9.11. The minimum absolute atomic E-state index is 0.0323. The van der Waals surface area contributed by atoms with Crippen molar-refractivity contribution in [3.05, 3.63) is 108 Å². The SMILES string of the molecule is Fc1cccc(Cc2nnn3c2Cc2c(-c4nc(-c5ccccc5)no4)ncn2-c2ccc(OC(F)F)cc2-3)c1. The van der Waals surface area contributed by atoms with E-state index in [9.17, 15) is 13.2 Å². The summed E-state index contributed by atoms with van der Waals surface area (Å²) in [5.41, 5.74) is 4.99. The monoisotopic (exact) mass is 541 g/mol. The summed E-state index contributed by atoms with van der Waals surface area (Å²) in [4.78, 5) is 9.16. The van der Waals surface area contributed by atoms with Crippen LogP contribution in [0.3, 0.4) is 0 Å². The first-order valence-corrected chi connectivity index (χ1v) is 12.3. The number of rotatable bonds is 6. The zero-order valence-electron chi connectivity index (χ0n) is 20.6. The van der Waals surface area contributed by atoms with Gasteiger partial charge in [0.1, 0.15) is 17.9 Å². The molecule has 6 aromatic rings. The van der Waals surface area contributed by atoms with E-state index in [0.717, 1.165) is 5.56 Å². The molecule has 12 heteroatoms. The Morgan fingerprint density at radius 2 is 1.82 bits per heavy atom. The van der Waals surface area contributed by atoms with Crippen molar-refractivity contribution in [2.75, 3.05) is 0 Å². The molecule has 0 N–H and O–H groups in total. The molecule has 0 radical (unpaired) electrons. The molecular weight excluding hydrogens is 523 g/mol. The van der Waals surface area contributed by atoms with Crippen LogP contribution in [0.5, 0.6) is 5.75 Å². The molecule has 0 spiro atoms. The van der Waals surface area contributed by atoms with Crippen LogP contribution < -0.4 is 4.74 Å². The third kappa shape index (κ3) is 4.19. The van der Waals surface area contributed by atoms with Gasteiger partial charge in [0.05, 0.1) is 28.5 Å². The largest absolute Gasteiger partial charge is 0.435 e. The molecule has 1 aliphatic heterocycles.